The second kappa shape index (κ2) is 4.87. The van der Waals surface area contributed by atoms with Gasteiger partial charge in [-0.1, -0.05) is 6.92 Å². The largest absolute Gasteiger partial charge is 0.308 e. The highest BCUT2D eigenvalue weighted by atomic mass is 16.2. The normalized spacial score (nSPS) is 20.3. The maximum absolute atomic E-state index is 12.2. The predicted molar refractivity (Wildman–Crippen MR) is 67.1 cm³/mol. The van der Waals surface area contributed by atoms with Crippen molar-refractivity contribution in [2.24, 2.45) is 0 Å². The van der Waals surface area contributed by atoms with E-state index in [-0.39, 0.29) is 11.9 Å². The first kappa shape index (κ1) is 12.1. The van der Waals surface area contributed by atoms with Gasteiger partial charge in [0.15, 0.2) is 0 Å². The van der Waals surface area contributed by atoms with Crippen LogP contribution < -0.4 is 10.2 Å². The minimum Gasteiger partial charge on any atom is -0.308 e. The van der Waals surface area contributed by atoms with Crippen molar-refractivity contribution in [2.45, 2.75) is 39.7 Å². The summed E-state index contributed by atoms with van der Waals surface area (Å²) in [5.41, 5.74) is 2.81. The Hall–Kier alpha value is -1.36. The molecule has 0 saturated carbocycles. The second-order valence-electron chi connectivity index (χ2n) is 4.57. The summed E-state index contributed by atoms with van der Waals surface area (Å²) < 4.78 is 0. The molecule has 1 amide bonds. The molecule has 17 heavy (non-hydrogen) atoms. The van der Waals surface area contributed by atoms with Crippen LogP contribution in [0.1, 0.15) is 31.2 Å². The molecule has 0 spiro atoms. The summed E-state index contributed by atoms with van der Waals surface area (Å²) in [7, 11) is 0. The number of carbonyl (C=O) groups is 1. The van der Waals surface area contributed by atoms with Gasteiger partial charge in [-0.15, -0.1) is 0 Å². The Bertz CT molecular complexity index is 393. The molecule has 1 unspecified atom stereocenters. The van der Waals surface area contributed by atoms with Crippen LogP contribution in [0, 0.1) is 13.8 Å². The number of nitrogens with one attached hydrogen (secondary N) is 2. The van der Waals surface area contributed by atoms with Crippen molar-refractivity contribution in [3.63, 3.8) is 0 Å². The van der Waals surface area contributed by atoms with Crippen molar-refractivity contribution in [1.29, 1.82) is 0 Å². The molecule has 2 heterocycles. The number of H-pyrrole nitrogens is 1. The second-order valence-corrected chi connectivity index (χ2v) is 4.57. The molecule has 94 valence electrons. The molecule has 2 N–H and O–H groups in total. The van der Waals surface area contributed by atoms with Crippen molar-refractivity contribution in [3.05, 3.63) is 11.4 Å². The smallest absolute Gasteiger partial charge is 0.244 e. The van der Waals surface area contributed by atoms with Gasteiger partial charge in [0.05, 0.1) is 23.1 Å². The van der Waals surface area contributed by atoms with E-state index in [1.165, 1.54) is 0 Å². The van der Waals surface area contributed by atoms with Crippen molar-refractivity contribution in [2.75, 3.05) is 18.0 Å². The van der Waals surface area contributed by atoms with Crippen molar-refractivity contribution in [1.82, 2.24) is 15.5 Å². The van der Waals surface area contributed by atoms with E-state index < -0.39 is 0 Å². The molecule has 1 aliphatic rings. The van der Waals surface area contributed by atoms with Gasteiger partial charge in [-0.05, 0) is 33.2 Å². The van der Waals surface area contributed by atoms with Crippen LogP contribution in [-0.2, 0) is 4.79 Å². The summed E-state index contributed by atoms with van der Waals surface area (Å²) in [4.78, 5) is 14.1. The SMILES string of the molecule is CCCNC1CCN(c2c(C)n[nH]c2C)C1=O. The van der Waals surface area contributed by atoms with E-state index in [2.05, 4.69) is 22.4 Å². The van der Waals surface area contributed by atoms with E-state index in [0.717, 1.165) is 43.0 Å². The Labute approximate surface area is 102 Å². The molecule has 0 aromatic carbocycles. The van der Waals surface area contributed by atoms with Crippen molar-refractivity contribution in [3.8, 4) is 0 Å². The molecule has 1 atom stereocenters. The first-order valence-corrected chi connectivity index (χ1v) is 6.21. The fourth-order valence-corrected chi connectivity index (χ4v) is 2.35. The fraction of sp³-hybridized carbons (Fsp3) is 0.667. The molecule has 1 aromatic heterocycles. The highest BCUT2D eigenvalue weighted by Crippen LogP contribution is 2.26. The van der Waals surface area contributed by atoms with E-state index in [1.807, 2.05) is 18.7 Å². The van der Waals surface area contributed by atoms with Crippen molar-refractivity contribution >= 4 is 11.6 Å². The van der Waals surface area contributed by atoms with E-state index in [1.54, 1.807) is 0 Å². The van der Waals surface area contributed by atoms with Crippen LogP contribution in [0.15, 0.2) is 0 Å². The number of hydrogen-bond acceptors (Lipinski definition) is 3. The number of anilines is 1. The number of nitrogens with zero attached hydrogens (tertiary/aromatic N) is 2. The molecule has 1 fully saturated rings. The van der Waals surface area contributed by atoms with Crippen LogP contribution >= 0.6 is 0 Å². The Morgan fingerprint density at radius 3 is 2.88 bits per heavy atom. The monoisotopic (exact) mass is 236 g/mol. The average molecular weight is 236 g/mol. The van der Waals surface area contributed by atoms with E-state index in [0.29, 0.717) is 0 Å². The first-order chi connectivity index (χ1) is 8.15. The van der Waals surface area contributed by atoms with Crippen molar-refractivity contribution < 1.29 is 4.79 Å². The topological polar surface area (TPSA) is 61.0 Å². The van der Waals surface area contributed by atoms with Crippen LogP contribution in [0.4, 0.5) is 5.69 Å². The van der Waals surface area contributed by atoms with Gasteiger partial charge < -0.3 is 10.2 Å². The van der Waals surface area contributed by atoms with Gasteiger partial charge in [0.25, 0.3) is 0 Å². The maximum atomic E-state index is 12.2. The molecule has 2 rings (SSSR count). The van der Waals surface area contributed by atoms with E-state index in [9.17, 15) is 4.79 Å². The molecule has 0 bridgehead atoms. The number of carbonyl (C=O) groups excluding carboxylic acids is 1. The number of hydrogen-bond donors (Lipinski definition) is 2. The molecular formula is C12H20N4O. The van der Waals surface area contributed by atoms with Crippen LogP contribution in [0.25, 0.3) is 0 Å². The summed E-state index contributed by atoms with van der Waals surface area (Å²) in [5.74, 6) is 0.172. The lowest BCUT2D eigenvalue weighted by molar-refractivity contribution is -0.118. The lowest BCUT2D eigenvalue weighted by atomic mass is 10.2. The number of aryl methyl sites for hydroxylation is 2. The lowest BCUT2D eigenvalue weighted by Crippen LogP contribution is -2.38. The molecular weight excluding hydrogens is 216 g/mol. The van der Waals surface area contributed by atoms with Crippen LogP contribution in [0.5, 0.6) is 0 Å². The number of rotatable bonds is 4. The Morgan fingerprint density at radius 2 is 2.29 bits per heavy atom. The Balaban J connectivity index is 2.12. The van der Waals surface area contributed by atoms with Gasteiger partial charge in [0.2, 0.25) is 5.91 Å². The molecule has 5 nitrogen and oxygen atoms in total. The maximum Gasteiger partial charge on any atom is 0.244 e. The standard InChI is InChI=1S/C12H20N4O/c1-4-6-13-10-5-7-16(12(10)17)11-8(2)14-15-9(11)3/h10,13H,4-7H2,1-3H3,(H,14,15). The molecule has 1 aromatic rings. The van der Waals surface area contributed by atoms with Gasteiger partial charge >= 0.3 is 0 Å². The van der Waals surface area contributed by atoms with Gasteiger partial charge in [0.1, 0.15) is 0 Å². The Kier molecular flexibility index (Phi) is 3.47. The van der Waals surface area contributed by atoms with Crippen LogP contribution in [0.3, 0.4) is 0 Å². The predicted octanol–water partition coefficient (Wildman–Crippen LogP) is 1.13. The third kappa shape index (κ3) is 2.20. The number of amides is 1. The summed E-state index contributed by atoms with van der Waals surface area (Å²) in [6.45, 7) is 7.66. The quantitative estimate of drug-likeness (QED) is 0.824. The summed E-state index contributed by atoms with van der Waals surface area (Å²) in [5, 5.41) is 10.4. The lowest BCUT2D eigenvalue weighted by Gasteiger charge is -2.17. The summed E-state index contributed by atoms with van der Waals surface area (Å²) >= 11 is 0. The van der Waals surface area contributed by atoms with E-state index >= 15 is 0 Å². The molecule has 0 radical (unpaired) electrons. The first-order valence-electron chi connectivity index (χ1n) is 6.21. The zero-order valence-electron chi connectivity index (χ0n) is 10.7. The van der Waals surface area contributed by atoms with E-state index in [4.69, 9.17) is 0 Å². The molecule has 1 saturated heterocycles. The fourth-order valence-electron chi connectivity index (χ4n) is 2.35. The number of aromatic nitrogens is 2. The third-order valence-electron chi connectivity index (χ3n) is 3.21. The minimum absolute atomic E-state index is 0.0244. The zero-order valence-corrected chi connectivity index (χ0v) is 10.7. The van der Waals surface area contributed by atoms with Gasteiger partial charge in [0, 0.05) is 6.54 Å². The highest BCUT2D eigenvalue weighted by molar-refractivity contribution is 6.00. The van der Waals surface area contributed by atoms with Crippen LogP contribution in [-0.4, -0.2) is 35.2 Å². The minimum atomic E-state index is -0.0244. The molecule has 5 heteroatoms. The van der Waals surface area contributed by atoms with Crippen LogP contribution in [0.2, 0.25) is 0 Å². The highest BCUT2D eigenvalue weighted by Gasteiger charge is 2.34. The zero-order chi connectivity index (χ0) is 12.4. The molecule has 0 aliphatic carbocycles. The van der Waals surface area contributed by atoms with Gasteiger partial charge in [-0.25, -0.2) is 0 Å². The average Bonchev–Trinajstić information content (AvgIpc) is 2.81. The van der Waals surface area contributed by atoms with Gasteiger partial charge in [-0.3, -0.25) is 9.89 Å². The summed E-state index contributed by atoms with van der Waals surface area (Å²) in [6, 6.07) is -0.0244. The van der Waals surface area contributed by atoms with Gasteiger partial charge in [-0.2, -0.15) is 5.10 Å². The number of aromatic amines is 1. The Morgan fingerprint density at radius 1 is 1.53 bits per heavy atom. The molecule has 1 aliphatic heterocycles. The summed E-state index contributed by atoms with van der Waals surface area (Å²) in [6.07, 6.45) is 1.93. The third-order valence-corrected chi connectivity index (χ3v) is 3.21.